The first-order valence-electron chi connectivity index (χ1n) is 10.2. The van der Waals surface area contributed by atoms with E-state index in [-0.39, 0.29) is 28.0 Å². The van der Waals surface area contributed by atoms with E-state index in [0.29, 0.717) is 6.42 Å². The van der Waals surface area contributed by atoms with Gasteiger partial charge in [0.05, 0.1) is 0 Å². The van der Waals surface area contributed by atoms with Crippen molar-refractivity contribution >= 4 is 10.1 Å². The zero-order chi connectivity index (χ0) is 25.9. The fraction of sp³-hybridized carbons (Fsp3) is 0.0435. The third kappa shape index (κ3) is 4.61. The minimum Gasteiger partial charge on any atom is -0.508 e. The summed E-state index contributed by atoms with van der Waals surface area (Å²) >= 11 is 0. The summed E-state index contributed by atoms with van der Waals surface area (Å²) in [5.41, 5.74) is 5.63. The quantitative estimate of drug-likeness (QED) is 0.132. The van der Waals surface area contributed by atoms with Crippen LogP contribution in [0, 0.1) is 10.9 Å². The number of benzene rings is 4. The van der Waals surface area contributed by atoms with Crippen molar-refractivity contribution in [2.75, 3.05) is 0 Å². The monoisotopic (exact) mass is 503 g/mol. The highest BCUT2D eigenvalue weighted by atomic mass is 32.2. The molecule has 0 heterocycles. The number of hydrogen-bond donors (Lipinski definition) is 2. The molecule has 0 atom stereocenters. The largest absolute Gasteiger partial charge is 0.508 e. The molecule has 0 aromatic heterocycles. The number of nitrogens with zero attached hydrogens (tertiary/aromatic N) is 5. The fourth-order valence-corrected chi connectivity index (χ4v) is 4.90. The van der Waals surface area contributed by atoms with Crippen LogP contribution in [0.4, 0.5) is 0 Å². The van der Waals surface area contributed by atoms with Crippen molar-refractivity contribution in [2.24, 2.45) is 15.4 Å². The van der Waals surface area contributed by atoms with E-state index in [0.717, 1.165) is 11.1 Å². The van der Waals surface area contributed by atoms with Crippen molar-refractivity contribution in [2.45, 2.75) is 11.3 Å². The Morgan fingerprint density at radius 2 is 1.58 bits per heavy atom. The molecule has 2 aliphatic rings. The molecule has 0 spiro atoms. The Bertz CT molecular complexity index is 1820. The van der Waals surface area contributed by atoms with Crippen LogP contribution in [0.25, 0.3) is 16.2 Å². The highest BCUT2D eigenvalue weighted by Gasteiger charge is 2.31. The smallest absolute Gasteiger partial charge is 0.342 e. The molecule has 12 nitrogen and oxygen atoms in total. The lowest BCUT2D eigenvalue weighted by molar-refractivity contribution is 0.475. The van der Waals surface area contributed by atoms with Gasteiger partial charge in [0.15, 0.2) is 15.8 Å². The summed E-state index contributed by atoms with van der Waals surface area (Å²) in [6.45, 7) is 0. The Labute approximate surface area is 202 Å². The number of nitrogens with one attached hydrogen (secondary N) is 1. The van der Waals surface area contributed by atoms with E-state index in [9.17, 15) is 23.1 Å². The molecule has 36 heavy (non-hydrogen) atoms. The maximum absolute atomic E-state index is 13.4. The average Bonchev–Trinajstić information content (AvgIpc) is 2.85. The Morgan fingerprint density at radius 1 is 0.944 bits per heavy atom. The van der Waals surface area contributed by atoms with Crippen LogP contribution in [-0.4, -0.2) is 13.5 Å². The summed E-state index contributed by atoms with van der Waals surface area (Å²) in [6.07, 6.45) is 0.506. The van der Waals surface area contributed by atoms with E-state index in [4.69, 9.17) is 15.1 Å². The van der Waals surface area contributed by atoms with Gasteiger partial charge in [-0.15, -0.1) is 5.10 Å². The minimum absolute atomic E-state index is 0.105. The number of fused-ring (bicyclic) bond motifs is 1. The molecule has 0 unspecified atom stereocenters. The Balaban J connectivity index is 1.82. The van der Waals surface area contributed by atoms with Gasteiger partial charge in [-0.25, -0.2) is 0 Å². The van der Waals surface area contributed by atoms with Crippen LogP contribution in [-0.2, 0) is 16.5 Å². The zero-order valence-electron chi connectivity index (χ0n) is 18.2. The van der Waals surface area contributed by atoms with Crippen LogP contribution >= 0.6 is 0 Å². The third-order valence-corrected chi connectivity index (χ3v) is 6.49. The molecule has 2 aromatic rings. The standard InChI is InChI=1S/C23H14N6O6S/c24-28-26-18-3-1-2-17-19(18)23(20(27-29-25)22(32)21(17)31)36(33,34)35-16-10-6-14(7-11-16)12-13-4-8-15(30)9-5-13/h1-11,25H,12H2/p+1. The van der Waals surface area contributed by atoms with Gasteiger partial charge in [-0.1, -0.05) is 41.6 Å². The number of rotatable bonds is 6. The van der Waals surface area contributed by atoms with Gasteiger partial charge in [0, 0.05) is 11.1 Å². The molecule has 2 N–H and O–H groups in total. The molecule has 2 aromatic carbocycles. The third-order valence-electron chi connectivity index (χ3n) is 5.18. The van der Waals surface area contributed by atoms with E-state index in [1.165, 1.54) is 30.3 Å². The van der Waals surface area contributed by atoms with Crippen LogP contribution in [0.3, 0.4) is 0 Å². The maximum Gasteiger partial charge on any atom is 0.342 e. The van der Waals surface area contributed by atoms with Crippen LogP contribution in [0.2, 0.25) is 0 Å². The summed E-state index contributed by atoms with van der Waals surface area (Å²) in [4.78, 5) is 24.3. The lowest BCUT2D eigenvalue weighted by Gasteiger charge is -2.12. The first-order valence-corrected chi connectivity index (χ1v) is 11.6. The molecule has 0 saturated heterocycles. The molecular formula is C23H15N6O6S+. The molecule has 0 amide bonds. The molecule has 0 bridgehead atoms. The molecule has 2 aliphatic carbocycles. The highest BCUT2D eigenvalue weighted by Crippen LogP contribution is 2.24. The molecule has 0 saturated carbocycles. The predicted octanol–water partition coefficient (Wildman–Crippen LogP) is 1.97. The summed E-state index contributed by atoms with van der Waals surface area (Å²) < 4.78 is 31.9. The first kappa shape index (κ1) is 24.0. The Kier molecular flexibility index (Phi) is 6.44. The second kappa shape index (κ2) is 9.65. The van der Waals surface area contributed by atoms with Crippen LogP contribution in [0.1, 0.15) is 11.1 Å². The zero-order valence-corrected chi connectivity index (χ0v) is 19.0. The minimum atomic E-state index is -4.84. The number of phenolic OH excluding ortho intramolecular Hbond substituents is 1. The summed E-state index contributed by atoms with van der Waals surface area (Å²) in [5, 5.41) is 29.2. The molecule has 0 radical (unpaired) electrons. The Hall–Kier alpha value is -5.09. The van der Waals surface area contributed by atoms with Crippen LogP contribution in [0.15, 0.2) is 96.6 Å². The van der Waals surface area contributed by atoms with E-state index < -0.39 is 31.2 Å². The molecular weight excluding hydrogens is 488 g/mol. The van der Waals surface area contributed by atoms with E-state index in [1.54, 1.807) is 36.4 Å². The van der Waals surface area contributed by atoms with E-state index in [2.05, 4.69) is 20.5 Å². The van der Waals surface area contributed by atoms with Crippen molar-refractivity contribution in [1.82, 2.24) is 0 Å². The molecule has 178 valence electrons. The van der Waals surface area contributed by atoms with Gasteiger partial charge in [0.25, 0.3) is 10.8 Å². The average molecular weight is 503 g/mol. The number of diazo groups is 1. The van der Waals surface area contributed by atoms with Crippen molar-refractivity contribution in [3.05, 3.63) is 114 Å². The normalized spacial score (nSPS) is 12.4. The van der Waals surface area contributed by atoms with Crippen molar-refractivity contribution in [3.63, 3.8) is 0 Å². The SMILES string of the molecule is N#[N+]N=c1cccc2c(=O)c(=O)c(=NN=N)c(S(=O)(=O)Oc3ccc(Cc4ccc(O)cc4)cc3)c1-2. The van der Waals surface area contributed by atoms with Crippen molar-refractivity contribution in [1.29, 1.82) is 10.9 Å². The fourth-order valence-electron chi connectivity index (χ4n) is 3.62. The van der Waals surface area contributed by atoms with Crippen LogP contribution < -0.4 is 25.8 Å². The van der Waals surface area contributed by atoms with Gasteiger partial charge in [0.2, 0.25) is 5.43 Å². The second-order valence-electron chi connectivity index (χ2n) is 7.45. The number of aromatic hydroxyl groups is 1. The highest BCUT2D eigenvalue weighted by molar-refractivity contribution is 7.87. The molecule has 0 aliphatic heterocycles. The number of hydrogen-bond acceptors (Lipinski definition) is 10. The Morgan fingerprint density at radius 3 is 2.19 bits per heavy atom. The van der Waals surface area contributed by atoms with Crippen molar-refractivity contribution < 1.29 is 17.7 Å². The van der Waals surface area contributed by atoms with Gasteiger partial charge >= 0.3 is 15.2 Å². The predicted molar refractivity (Wildman–Crippen MR) is 125 cm³/mol. The first-order chi connectivity index (χ1) is 17.2. The van der Waals surface area contributed by atoms with Gasteiger partial charge in [-0.2, -0.15) is 13.9 Å². The van der Waals surface area contributed by atoms with Gasteiger partial charge in [-0.3, -0.25) is 9.59 Å². The van der Waals surface area contributed by atoms with Gasteiger partial charge < -0.3 is 9.29 Å². The number of phenols is 1. The summed E-state index contributed by atoms with van der Waals surface area (Å²) in [6, 6.07) is 16.4. The van der Waals surface area contributed by atoms with Gasteiger partial charge in [0.1, 0.15) is 16.4 Å². The topological polar surface area (TPSA) is 187 Å². The van der Waals surface area contributed by atoms with E-state index >= 15 is 0 Å². The summed E-state index contributed by atoms with van der Waals surface area (Å²) in [7, 11) is -4.84. The molecule has 13 heteroatoms. The van der Waals surface area contributed by atoms with E-state index in [1.807, 2.05) is 0 Å². The van der Waals surface area contributed by atoms with Crippen LogP contribution in [0.5, 0.6) is 11.5 Å². The molecule has 4 rings (SSSR count). The molecule has 0 fully saturated rings. The van der Waals surface area contributed by atoms with Gasteiger partial charge in [-0.05, 0) is 47.9 Å². The maximum atomic E-state index is 13.4. The lowest BCUT2D eigenvalue weighted by atomic mass is 10.0. The van der Waals surface area contributed by atoms with Crippen molar-refractivity contribution in [3.8, 4) is 22.6 Å². The second-order valence-corrected chi connectivity index (χ2v) is 8.93. The lowest BCUT2D eigenvalue weighted by Crippen LogP contribution is -2.45. The summed E-state index contributed by atoms with van der Waals surface area (Å²) in [5.74, 6) is 0.0331.